The number of hydrogen-bond acceptors (Lipinski definition) is 5. The van der Waals surface area contributed by atoms with Gasteiger partial charge < -0.3 is 23.5 Å². The van der Waals surface area contributed by atoms with Crippen molar-refractivity contribution in [1.82, 2.24) is 19.0 Å². The van der Waals surface area contributed by atoms with Crippen LogP contribution >= 0.6 is 0 Å². The van der Waals surface area contributed by atoms with E-state index in [2.05, 4.69) is 9.72 Å². The van der Waals surface area contributed by atoms with Crippen molar-refractivity contribution >= 4 is 5.91 Å². The van der Waals surface area contributed by atoms with Crippen LogP contribution in [0.4, 0.5) is 17.6 Å². The quantitative estimate of drug-likeness (QED) is 0.466. The number of amides is 1. The fourth-order valence-electron chi connectivity index (χ4n) is 4.21. The number of carbonyl (C=O) groups excluding carboxylic acids is 1. The number of aryl methyl sites for hydroxylation is 1. The first-order valence-electron chi connectivity index (χ1n) is 11.8. The number of ether oxygens (including phenoxy) is 2. The Bertz CT molecular complexity index is 1380. The number of pyridine rings is 1. The maximum atomic E-state index is 13.2. The highest BCUT2D eigenvalue weighted by molar-refractivity contribution is 5.93. The molecule has 198 valence electrons. The third-order valence-corrected chi connectivity index (χ3v) is 6.07. The van der Waals surface area contributed by atoms with Gasteiger partial charge in [0.2, 0.25) is 0 Å². The summed E-state index contributed by atoms with van der Waals surface area (Å²) in [5, 5.41) is 0. The minimum atomic E-state index is -4.88. The fourth-order valence-corrected chi connectivity index (χ4v) is 4.21. The molecule has 0 N–H and O–H groups in total. The summed E-state index contributed by atoms with van der Waals surface area (Å²) in [6.07, 6.45) is -0.687. The summed E-state index contributed by atoms with van der Waals surface area (Å²) in [7, 11) is 1.74. The molecule has 1 aliphatic carbocycles. The molecule has 1 fully saturated rings. The predicted octanol–water partition coefficient (Wildman–Crippen LogP) is 4.43. The van der Waals surface area contributed by atoms with Crippen molar-refractivity contribution < 1.29 is 31.8 Å². The summed E-state index contributed by atoms with van der Waals surface area (Å²) in [5.41, 5.74) is 2.25. The lowest BCUT2D eigenvalue weighted by Gasteiger charge is -2.26. The standard InChI is InChI=1S/C13H14N4O2.C10H6F4O2.C2H6/c1-9-7-16(8-14-9)10-3-4-11-12(18)15(2)5-6-17(11)13(10)19;11-6-3-8-5(4-1-7(4)15-8)2-9(6)16-10(12,13)14;1-2/h3-4,7-8H,5-6H2,1-2H3;2-4,7H,1H2;1-2H3. The molecule has 4 heterocycles. The van der Waals surface area contributed by atoms with Crippen molar-refractivity contribution in [2.45, 2.75) is 52.1 Å². The maximum absolute atomic E-state index is 13.2. The average molecular weight is 522 g/mol. The molecule has 0 saturated heterocycles. The Labute approximate surface area is 210 Å². The predicted molar refractivity (Wildman–Crippen MR) is 126 cm³/mol. The number of carbonyl (C=O) groups is 1. The second-order valence-electron chi connectivity index (χ2n) is 8.58. The SMILES string of the molecule is CC.Cc1cn(-c2ccc3n(c2=O)CCN(C)C3=O)cn1.Fc1cc2c(cc1OC(F)(F)F)C1CC1O2. The summed E-state index contributed by atoms with van der Waals surface area (Å²) < 4.78 is 61.2. The molecule has 2 atom stereocenters. The van der Waals surface area contributed by atoms with Crippen molar-refractivity contribution in [2.24, 2.45) is 0 Å². The Hall–Kier alpha value is -3.83. The van der Waals surface area contributed by atoms with E-state index in [1.54, 1.807) is 41.2 Å². The lowest BCUT2D eigenvalue weighted by Crippen LogP contribution is -2.42. The van der Waals surface area contributed by atoms with Gasteiger partial charge in [0.1, 0.15) is 23.2 Å². The molecule has 3 aromatic rings. The molecule has 1 aromatic carbocycles. The van der Waals surface area contributed by atoms with Crippen LogP contribution in [0.15, 0.2) is 41.6 Å². The molecular formula is C25H26F4N4O4. The molecule has 8 nitrogen and oxygen atoms in total. The van der Waals surface area contributed by atoms with Crippen molar-refractivity contribution in [3.05, 3.63) is 69.9 Å². The molecule has 0 radical (unpaired) electrons. The number of hydrogen-bond donors (Lipinski definition) is 0. The highest BCUT2D eigenvalue weighted by Crippen LogP contribution is 2.54. The molecule has 2 aromatic heterocycles. The van der Waals surface area contributed by atoms with Gasteiger partial charge in [-0.25, -0.2) is 9.37 Å². The highest BCUT2D eigenvalue weighted by Gasteiger charge is 2.49. The topological polar surface area (TPSA) is 78.6 Å². The molecule has 6 rings (SSSR count). The number of benzene rings is 1. The summed E-state index contributed by atoms with van der Waals surface area (Å²) in [6.45, 7) is 6.95. The van der Waals surface area contributed by atoms with E-state index < -0.39 is 17.9 Å². The first-order chi connectivity index (χ1) is 17.5. The van der Waals surface area contributed by atoms with E-state index in [1.165, 1.54) is 4.57 Å². The van der Waals surface area contributed by atoms with E-state index in [0.29, 0.717) is 35.8 Å². The highest BCUT2D eigenvalue weighted by atomic mass is 19.4. The molecular weight excluding hydrogens is 496 g/mol. The van der Waals surface area contributed by atoms with Crippen LogP contribution in [0.3, 0.4) is 0 Å². The number of halogens is 4. The zero-order valence-electron chi connectivity index (χ0n) is 20.7. The summed E-state index contributed by atoms with van der Waals surface area (Å²) in [5.74, 6) is -1.53. The van der Waals surface area contributed by atoms with Crippen molar-refractivity contribution in [2.75, 3.05) is 13.6 Å². The third kappa shape index (κ3) is 5.32. The minimum Gasteiger partial charge on any atom is -0.489 e. The second kappa shape index (κ2) is 9.91. The number of rotatable bonds is 2. The monoisotopic (exact) mass is 522 g/mol. The molecule has 2 aliphatic heterocycles. The van der Waals surface area contributed by atoms with Gasteiger partial charge in [-0.15, -0.1) is 13.2 Å². The largest absolute Gasteiger partial charge is 0.573 e. The Balaban J connectivity index is 0.000000164. The lowest BCUT2D eigenvalue weighted by molar-refractivity contribution is -0.275. The van der Waals surface area contributed by atoms with Crippen molar-refractivity contribution in [1.29, 1.82) is 0 Å². The van der Waals surface area contributed by atoms with Crippen LogP contribution in [0.1, 0.15) is 47.9 Å². The Morgan fingerprint density at radius 2 is 1.86 bits per heavy atom. The molecule has 1 amide bonds. The van der Waals surface area contributed by atoms with Crippen LogP contribution in [0.2, 0.25) is 0 Å². The maximum Gasteiger partial charge on any atom is 0.573 e. The van der Waals surface area contributed by atoms with E-state index in [0.717, 1.165) is 24.2 Å². The summed E-state index contributed by atoms with van der Waals surface area (Å²) in [6, 6.07) is 5.40. The van der Waals surface area contributed by atoms with E-state index >= 15 is 0 Å². The van der Waals surface area contributed by atoms with Gasteiger partial charge in [-0.3, -0.25) is 9.59 Å². The van der Waals surface area contributed by atoms with E-state index in [4.69, 9.17) is 4.74 Å². The average Bonchev–Trinajstić information content (AvgIpc) is 3.33. The van der Waals surface area contributed by atoms with Crippen LogP contribution < -0.4 is 15.0 Å². The van der Waals surface area contributed by atoms with Gasteiger partial charge in [0.25, 0.3) is 11.5 Å². The second-order valence-corrected chi connectivity index (χ2v) is 8.58. The van der Waals surface area contributed by atoms with Crippen LogP contribution in [-0.4, -0.2) is 51.0 Å². The smallest absolute Gasteiger partial charge is 0.489 e. The lowest BCUT2D eigenvalue weighted by atomic mass is 10.1. The minimum absolute atomic E-state index is 0.00976. The third-order valence-electron chi connectivity index (χ3n) is 6.07. The first-order valence-corrected chi connectivity index (χ1v) is 11.8. The number of aromatic nitrogens is 3. The van der Waals surface area contributed by atoms with Gasteiger partial charge >= 0.3 is 6.36 Å². The van der Waals surface area contributed by atoms with Crippen molar-refractivity contribution in [3.8, 4) is 17.2 Å². The number of imidazole rings is 1. The van der Waals surface area contributed by atoms with Gasteiger partial charge in [0.15, 0.2) is 11.6 Å². The molecule has 12 heteroatoms. The zero-order valence-corrected chi connectivity index (χ0v) is 20.7. The zero-order chi connectivity index (χ0) is 27.1. The van der Waals surface area contributed by atoms with Crippen LogP contribution in [-0.2, 0) is 6.54 Å². The molecule has 2 unspecified atom stereocenters. The normalized spacial score (nSPS) is 18.8. The van der Waals surface area contributed by atoms with Crippen LogP contribution in [0, 0.1) is 12.7 Å². The number of nitrogens with zero attached hydrogens (tertiary/aromatic N) is 4. The fraction of sp³-hybridized carbons (Fsp3) is 0.400. The van der Waals surface area contributed by atoms with Crippen LogP contribution in [0.25, 0.3) is 5.69 Å². The number of fused-ring (bicyclic) bond motifs is 4. The Kier molecular flexibility index (Phi) is 7.03. The molecule has 3 aliphatic rings. The van der Waals surface area contributed by atoms with Crippen molar-refractivity contribution in [3.63, 3.8) is 0 Å². The van der Waals surface area contributed by atoms with Gasteiger partial charge in [0.05, 0.1) is 12.0 Å². The Morgan fingerprint density at radius 1 is 1.14 bits per heavy atom. The Morgan fingerprint density at radius 3 is 2.51 bits per heavy atom. The molecule has 0 spiro atoms. The van der Waals surface area contributed by atoms with Gasteiger partial charge in [-0.1, -0.05) is 13.8 Å². The first kappa shape index (κ1) is 26.2. The van der Waals surface area contributed by atoms with Gasteiger partial charge in [0, 0.05) is 43.9 Å². The summed E-state index contributed by atoms with van der Waals surface area (Å²) in [4.78, 5) is 30.1. The van der Waals surface area contributed by atoms with E-state index in [-0.39, 0.29) is 23.5 Å². The van der Waals surface area contributed by atoms with Gasteiger partial charge in [-0.05, 0) is 31.5 Å². The summed E-state index contributed by atoms with van der Waals surface area (Å²) >= 11 is 0. The van der Waals surface area contributed by atoms with E-state index in [1.807, 2.05) is 20.8 Å². The molecule has 0 bridgehead atoms. The number of alkyl halides is 3. The van der Waals surface area contributed by atoms with Gasteiger partial charge in [-0.2, -0.15) is 0 Å². The molecule has 1 saturated carbocycles. The van der Waals surface area contributed by atoms with E-state index in [9.17, 15) is 27.2 Å². The number of likely N-dealkylation sites (N-methyl/N-ethyl adjacent to an activating group) is 1. The molecule has 37 heavy (non-hydrogen) atoms. The van der Waals surface area contributed by atoms with Crippen LogP contribution in [0.5, 0.6) is 11.5 Å².